The number of nitrogens with zero attached hydrogens (tertiary/aromatic N) is 1. The van der Waals surface area contributed by atoms with Crippen LogP contribution in [-0.2, 0) is 6.54 Å². The Balaban J connectivity index is 1.84. The fourth-order valence-corrected chi connectivity index (χ4v) is 2.45. The summed E-state index contributed by atoms with van der Waals surface area (Å²) in [5, 5.41) is 9.85. The highest BCUT2D eigenvalue weighted by Crippen LogP contribution is 2.33. The second-order valence-electron chi connectivity index (χ2n) is 4.74. The molecule has 1 aliphatic heterocycles. The van der Waals surface area contributed by atoms with Crippen molar-refractivity contribution in [3.8, 4) is 17.2 Å². The first-order chi connectivity index (χ1) is 9.78. The van der Waals surface area contributed by atoms with Gasteiger partial charge in [-0.05, 0) is 29.8 Å². The molecule has 104 valence electrons. The van der Waals surface area contributed by atoms with Gasteiger partial charge in [-0.1, -0.05) is 18.2 Å². The van der Waals surface area contributed by atoms with E-state index in [4.69, 9.17) is 9.47 Å². The van der Waals surface area contributed by atoms with E-state index >= 15 is 0 Å². The molecule has 0 amide bonds. The number of fused-ring (bicyclic) bond motifs is 1. The van der Waals surface area contributed by atoms with Crippen LogP contribution in [0.1, 0.15) is 5.56 Å². The minimum absolute atomic E-state index is 0.173. The molecule has 0 bridgehead atoms. The largest absolute Gasteiger partial charge is 0.504 e. The standard InChI is InChI=1S/C16H17NO3/c1-19-16-7-6-12(10-14(16)18)11-17-8-9-20-15-5-3-2-4-13(15)17/h2-7,10,18H,8-9,11H2,1H3. The highest BCUT2D eigenvalue weighted by Gasteiger charge is 2.17. The van der Waals surface area contributed by atoms with Gasteiger partial charge in [0.15, 0.2) is 11.5 Å². The predicted molar refractivity (Wildman–Crippen MR) is 77.6 cm³/mol. The van der Waals surface area contributed by atoms with Crippen LogP contribution >= 0.6 is 0 Å². The van der Waals surface area contributed by atoms with Crippen LogP contribution in [0, 0.1) is 0 Å². The molecule has 0 spiro atoms. The van der Waals surface area contributed by atoms with Gasteiger partial charge in [-0.3, -0.25) is 0 Å². The van der Waals surface area contributed by atoms with Gasteiger partial charge in [0.05, 0.1) is 19.3 Å². The lowest BCUT2D eigenvalue weighted by atomic mass is 10.1. The maximum absolute atomic E-state index is 9.85. The van der Waals surface area contributed by atoms with E-state index in [1.54, 1.807) is 19.2 Å². The monoisotopic (exact) mass is 271 g/mol. The topological polar surface area (TPSA) is 41.9 Å². The molecule has 20 heavy (non-hydrogen) atoms. The molecule has 0 saturated heterocycles. The van der Waals surface area contributed by atoms with E-state index in [1.165, 1.54) is 0 Å². The molecule has 0 aromatic heterocycles. The van der Waals surface area contributed by atoms with Gasteiger partial charge in [-0.25, -0.2) is 0 Å². The third-order valence-electron chi connectivity index (χ3n) is 3.44. The van der Waals surface area contributed by atoms with Gasteiger partial charge in [-0.2, -0.15) is 0 Å². The van der Waals surface area contributed by atoms with E-state index in [9.17, 15) is 5.11 Å². The number of rotatable bonds is 3. The molecule has 1 heterocycles. The smallest absolute Gasteiger partial charge is 0.160 e. The molecule has 4 heteroatoms. The molecule has 0 saturated carbocycles. The van der Waals surface area contributed by atoms with Crippen molar-refractivity contribution in [2.75, 3.05) is 25.2 Å². The number of ether oxygens (including phenoxy) is 2. The number of para-hydroxylation sites is 2. The van der Waals surface area contributed by atoms with Crippen LogP contribution in [0.3, 0.4) is 0 Å². The van der Waals surface area contributed by atoms with Crippen LogP contribution in [0.5, 0.6) is 17.2 Å². The lowest BCUT2D eigenvalue weighted by Crippen LogP contribution is -2.32. The molecule has 2 aromatic carbocycles. The lowest BCUT2D eigenvalue weighted by Gasteiger charge is -2.31. The summed E-state index contributed by atoms with van der Waals surface area (Å²) in [6.45, 7) is 2.25. The second kappa shape index (κ2) is 5.33. The summed E-state index contributed by atoms with van der Waals surface area (Å²) in [6.07, 6.45) is 0. The van der Waals surface area contributed by atoms with Gasteiger partial charge in [0.2, 0.25) is 0 Å². The van der Waals surface area contributed by atoms with E-state index in [0.29, 0.717) is 12.4 Å². The fraction of sp³-hybridized carbons (Fsp3) is 0.250. The highest BCUT2D eigenvalue weighted by molar-refractivity contribution is 5.60. The first-order valence-electron chi connectivity index (χ1n) is 6.60. The minimum Gasteiger partial charge on any atom is -0.504 e. The first kappa shape index (κ1) is 12.7. The van der Waals surface area contributed by atoms with Crippen LogP contribution in [0.25, 0.3) is 0 Å². The molecule has 1 N–H and O–H groups in total. The van der Waals surface area contributed by atoms with Gasteiger partial charge in [0.25, 0.3) is 0 Å². The van der Waals surface area contributed by atoms with Crippen LogP contribution in [0.4, 0.5) is 5.69 Å². The van der Waals surface area contributed by atoms with Crippen molar-refractivity contribution in [1.82, 2.24) is 0 Å². The van der Waals surface area contributed by atoms with Crippen LogP contribution in [0.2, 0.25) is 0 Å². The number of phenols is 1. The normalized spacial score (nSPS) is 13.6. The third-order valence-corrected chi connectivity index (χ3v) is 3.44. The van der Waals surface area contributed by atoms with Crippen molar-refractivity contribution in [2.24, 2.45) is 0 Å². The first-order valence-corrected chi connectivity index (χ1v) is 6.60. The van der Waals surface area contributed by atoms with Crippen molar-refractivity contribution in [1.29, 1.82) is 0 Å². The molecule has 0 aliphatic carbocycles. The third kappa shape index (κ3) is 2.37. The van der Waals surface area contributed by atoms with E-state index < -0.39 is 0 Å². The summed E-state index contributed by atoms with van der Waals surface area (Å²) < 4.78 is 10.7. The summed E-state index contributed by atoms with van der Waals surface area (Å²) in [6, 6.07) is 13.5. The van der Waals surface area contributed by atoms with Crippen LogP contribution in [-0.4, -0.2) is 25.4 Å². The van der Waals surface area contributed by atoms with E-state index in [0.717, 1.165) is 30.1 Å². The Morgan fingerprint density at radius 3 is 2.90 bits per heavy atom. The number of aromatic hydroxyl groups is 1. The number of hydrogen-bond acceptors (Lipinski definition) is 4. The van der Waals surface area contributed by atoms with Gasteiger partial charge in [0.1, 0.15) is 12.4 Å². The second-order valence-corrected chi connectivity index (χ2v) is 4.74. The van der Waals surface area contributed by atoms with Gasteiger partial charge < -0.3 is 19.5 Å². The van der Waals surface area contributed by atoms with Crippen molar-refractivity contribution >= 4 is 5.69 Å². The fourth-order valence-electron chi connectivity index (χ4n) is 2.45. The van der Waals surface area contributed by atoms with E-state index in [-0.39, 0.29) is 5.75 Å². The number of hydrogen-bond donors (Lipinski definition) is 1. The lowest BCUT2D eigenvalue weighted by molar-refractivity contribution is 0.307. The number of anilines is 1. The van der Waals surface area contributed by atoms with Gasteiger partial charge in [-0.15, -0.1) is 0 Å². The Morgan fingerprint density at radius 1 is 1.25 bits per heavy atom. The summed E-state index contributed by atoms with van der Waals surface area (Å²) in [5.41, 5.74) is 2.13. The predicted octanol–water partition coefficient (Wildman–Crippen LogP) is 2.80. The molecular weight excluding hydrogens is 254 g/mol. The molecule has 0 radical (unpaired) electrons. The molecule has 2 aromatic rings. The van der Waals surface area contributed by atoms with Crippen molar-refractivity contribution in [3.63, 3.8) is 0 Å². The molecular formula is C16H17NO3. The Hall–Kier alpha value is -2.36. The van der Waals surface area contributed by atoms with Crippen LogP contribution < -0.4 is 14.4 Å². The average molecular weight is 271 g/mol. The molecule has 0 fully saturated rings. The molecule has 3 rings (SSSR count). The Labute approximate surface area is 118 Å². The summed E-state index contributed by atoms with van der Waals surface area (Å²) in [5.74, 6) is 1.58. The zero-order valence-electron chi connectivity index (χ0n) is 11.4. The van der Waals surface area contributed by atoms with Gasteiger partial charge >= 0.3 is 0 Å². The molecule has 1 aliphatic rings. The van der Waals surface area contributed by atoms with Gasteiger partial charge in [0, 0.05) is 6.54 Å². The summed E-state index contributed by atoms with van der Waals surface area (Å²) >= 11 is 0. The quantitative estimate of drug-likeness (QED) is 0.932. The van der Waals surface area contributed by atoms with E-state index in [2.05, 4.69) is 11.0 Å². The zero-order chi connectivity index (χ0) is 13.9. The minimum atomic E-state index is 0.173. The molecule has 0 unspecified atom stereocenters. The molecule has 0 atom stereocenters. The summed E-state index contributed by atoms with van der Waals surface area (Å²) in [4.78, 5) is 2.25. The van der Waals surface area contributed by atoms with Crippen LogP contribution in [0.15, 0.2) is 42.5 Å². The SMILES string of the molecule is COc1ccc(CN2CCOc3ccccc32)cc1O. The van der Waals surface area contributed by atoms with E-state index in [1.807, 2.05) is 24.3 Å². The van der Waals surface area contributed by atoms with Crippen molar-refractivity contribution in [3.05, 3.63) is 48.0 Å². The maximum Gasteiger partial charge on any atom is 0.160 e. The van der Waals surface area contributed by atoms with Crippen molar-refractivity contribution < 1.29 is 14.6 Å². The number of methoxy groups -OCH3 is 1. The molecule has 4 nitrogen and oxygen atoms in total. The average Bonchev–Trinajstić information content (AvgIpc) is 2.48. The zero-order valence-corrected chi connectivity index (χ0v) is 11.4. The highest BCUT2D eigenvalue weighted by atomic mass is 16.5. The number of phenolic OH excluding ortho intramolecular Hbond substituents is 1. The number of benzene rings is 2. The Kier molecular flexibility index (Phi) is 3.37. The van der Waals surface area contributed by atoms with Crippen molar-refractivity contribution in [2.45, 2.75) is 6.54 Å². The summed E-state index contributed by atoms with van der Waals surface area (Å²) in [7, 11) is 1.55. The Bertz CT molecular complexity index is 612. The maximum atomic E-state index is 9.85. The Morgan fingerprint density at radius 2 is 2.10 bits per heavy atom.